The first kappa shape index (κ1) is 7.14. The fourth-order valence-electron chi connectivity index (χ4n) is 2.94. The van der Waals surface area contributed by atoms with E-state index in [0.29, 0.717) is 0 Å². The van der Waals surface area contributed by atoms with Gasteiger partial charge in [0.05, 0.1) is 0 Å². The van der Waals surface area contributed by atoms with Crippen LogP contribution in [0, 0.1) is 19.8 Å². The maximum absolute atomic E-state index is 2.30. The van der Waals surface area contributed by atoms with Crippen LogP contribution in [0.1, 0.15) is 39.6 Å². The lowest BCUT2D eigenvalue weighted by Gasteiger charge is -2.31. The first-order valence-corrected chi connectivity index (χ1v) is 5.68. The summed E-state index contributed by atoms with van der Waals surface area (Å²) in [6.07, 6.45) is 4.35. The number of thiophene rings is 1. The summed E-state index contributed by atoms with van der Waals surface area (Å²) in [5.74, 6) is 2.02. The lowest BCUT2D eigenvalue weighted by Crippen LogP contribution is -2.19. The summed E-state index contributed by atoms with van der Waals surface area (Å²) in [6, 6.07) is 0. The Kier molecular flexibility index (Phi) is 1.27. The van der Waals surface area contributed by atoms with Gasteiger partial charge in [0.15, 0.2) is 0 Å². The second kappa shape index (κ2) is 2.14. The fraction of sp³-hybridized carbons (Fsp3) is 0.636. The van der Waals surface area contributed by atoms with Gasteiger partial charge in [-0.1, -0.05) is 0 Å². The van der Waals surface area contributed by atoms with Crippen molar-refractivity contribution in [3.05, 3.63) is 20.9 Å². The van der Waals surface area contributed by atoms with E-state index >= 15 is 0 Å². The largest absolute Gasteiger partial charge is 0.145 e. The molecule has 3 rings (SSSR count). The van der Waals surface area contributed by atoms with Crippen LogP contribution >= 0.6 is 11.3 Å². The number of fused-ring (bicyclic) bond motifs is 3. The van der Waals surface area contributed by atoms with Gasteiger partial charge in [-0.25, -0.2) is 0 Å². The van der Waals surface area contributed by atoms with Crippen LogP contribution in [0.3, 0.4) is 0 Å². The minimum Gasteiger partial charge on any atom is -0.145 e. The molecule has 2 aliphatic carbocycles. The Hall–Kier alpha value is -0.300. The summed E-state index contributed by atoms with van der Waals surface area (Å²) in [7, 11) is 0. The first-order chi connectivity index (χ1) is 5.77. The lowest BCUT2D eigenvalue weighted by molar-refractivity contribution is 0.280. The molecule has 0 saturated heterocycles. The quantitative estimate of drug-likeness (QED) is 0.571. The molecule has 0 amide bonds. The third-order valence-electron chi connectivity index (χ3n) is 3.69. The Morgan fingerprint density at radius 2 is 2.00 bits per heavy atom. The molecule has 1 aromatic rings. The van der Waals surface area contributed by atoms with E-state index in [1.54, 1.807) is 20.9 Å². The zero-order valence-corrected chi connectivity index (χ0v) is 8.50. The molecule has 1 fully saturated rings. The molecule has 0 nitrogen and oxygen atoms in total. The normalized spacial score (nSPS) is 31.2. The van der Waals surface area contributed by atoms with Crippen LogP contribution in [0.4, 0.5) is 0 Å². The Balaban J connectivity index is 2.18. The Bertz CT molecular complexity index is 335. The average molecular weight is 178 g/mol. The highest BCUT2D eigenvalue weighted by atomic mass is 32.1. The van der Waals surface area contributed by atoms with E-state index in [9.17, 15) is 0 Å². The predicted molar refractivity (Wildman–Crippen MR) is 53.0 cm³/mol. The SMILES string of the molecule is Cc1sc(C)c2c1CC1CCC21. The van der Waals surface area contributed by atoms with Crippen LogP contribution in [0.15, 0.2) is 0 Å². The third kappa shape index (κ3) is 0.687. The molecular weight excluding hydrogens is 164 g/mol. The van der Waals surface area contributed by atoms with Crippen molar-refractivity contribution in [3.8, 4) is 0 Å². The molecule has 0 N–H and O–H groups in total. The van der Waals surface area contributed by atoms with Crippen LogP contribution in [0.2, 0.25) is 0 Å². The van der Waals surface area contributed by atoms with Gasteiger partial charge in [-0.05, 0) is 56.1 Å². The highest BCUT2D eigenvalue weighted by Crippen LogP contribution is 2.54. The molecule has 2 unspecified atom stereocenters. The maximum atomic E-state index is 2.30. The highest BCUT2D eigenvalue weighted by Gasteiger charge is 2.41. The van der Waals surface area contributed by atoms with Gasteiger partial charge in [0.25, 0.3) is 0 Å². The first-order valence-electron chi connectivity index (χ1n) is 4.86. The second-order valence-corrected chi connectivity index (χ2v) is 5.68. The monoisotopic (exact) mass is 178 g/mol. The Morgan fingerprint density at radius 3 is 2.67 bits per heavy atom. The summed E-state index contributed by atoms with van der Waals surface area (Å²) >= 11 is 2.01. The molecule has 1 aromatic heterocycles. The van der Waals surface area contributed by atoms with Crippen LogP contribution in [0.25, 0.3) is 0 Å². The van der Waals surface area contributed by atoms with E-state index in [2.05, 4.69) is 13.8 Å². The maximum Gasteiger partial charge on any atom is 0.00548 e. The smallest absolute Gasteiger partial charge is 0.00548 e. The molecule has 0 aliphatic heterocycles. The molecular formula is C11H14S. The third-order valence-corrected chi connectivity index (χ3v) is 4.77. The van der Waals surface area contributed by atoms with Crippen LogP contribution in [-0.2, 0) is 6.42 Å². The average Bonchev–Trinajstić information content (AvgIpc) is 2.36. The molecule has 0 spiro atoms. The van der Waals surface area contributed by atoms with Gasteiger partial charge in [0.2, 0.25) is 0 Å². The number of aryl methyl sites for hydroxylation is 2. The van der Waals surface area contributed by atoms with Crippen molar-refractivity contribution in [3.63, 3.8) is 0 Å². The van der Waals surface area contributed by atoms with Crippen molar-refractivity contribution in [2.75, 3.05) is 0 Å². The minimum absolute atomic E-state index is 0.977. The van der Waals surface area contributed by atoms with Gasteiger partial charge in [-0.2, -0.15) is 0 Å². The van der Waals surface area contributed by atoms with Crippen LogP contribution in [0.5, 0.6) is 0 Å². The zero-order chi connectivity index (χ0) is 8.29. The van der Waals surface area contributed by atoms with Gasteiger partial charge in [-0.15, -0.1) is 11.3 Å². The number of rotatable bonds is 0. The number of hydrogen-bond donors (Lipinski definition) is 0. The fourth-order valence-corrected chi connectivity index (χ4v) is 4.10. The summed E-state index contributed by atoms with van der Waals surface area (Å²) in [6.45, 7) is 4.60. The van der Waals surface area contributed by atoms with E-state index in [1.807, 2.05) is 11.3 Å². The molecule has 1 heteroatoms. The van der Waals surface area contributed by atoms with Crippen molar-refractivity contribution in [1.82, 2.24) is 0 Å². The molecule has 2 atom stereocenters. The molecule has 12 heavy (non-hydrogen) atoms. The summed E-state index contributed by atoms with van der Waals surface area (Å²) in [5, 5.41) is 0. The molecule has 0 radical (unpaired) electrons. The topological polar surface area (TPSA) is 0 Å². The van der Waals surface area contributed by atoms with E-state index in [-0.39, 0.29) is 0 Å². The van der Waals surface area contributed by atoms with Gasteiger partial charge >= 0.3 is 0 Å². The number of hydrogen-bond acceptors (Lipinski definition) is 1. The van der Waals surface area contributed by atoms with E-state index in [4.69, 9.17) is 0 Å². The summed E-state index contributed by atoms with van der Waals surface area (Å²) in [5.41, 5.74) is 3.48. The molecule has 1 heterocycles. The molecule has 64 valence electrons. The van der Waals surface area contributed by atoms with Crippen molar-refractivity contribution in [1.29, 1.82) is 0 Å². The van der Waals surface area contributed by atoms with E-state index < -0.39 is 0 Å². The predicted octanol–water partition coefficient (Wildman–Crippen LogP) is 3.41. The highest BCUT2D eigenvalue weighted by molar-refractivity contribution is 7.12. The van der Waals surface area contributed by atoms with E-state index in [1.165, 1.54) is 19.3 Å². The molecule has 2 aliphatic rings. The lowest BCUT2D eigenvalue weighted by atomic mass is 9.74. The zero-order valence-electron chi connectivity index (χ0n) is 7.68. The van der Waals surface area contributed by atoms with Gasteiger partial charge in [-0.3, -0.25) is 0 Å². The molecule has 0 bridgehead atoms. The van der Waals surface area contributed by atoms with Crippen molar-refractivity contribution in [2.24, 2.45) is 5.92 Å². The van der Waals surface area contributed by atoms with Crippen molar-refractivity contribution < 1.29 is 0 Å². The van der Waals surface area contributed by atoms with Gasteiger partial charge in [0.1, 0.15) is 0 Å². The van der Waals surface area contributed by atoms with Crippen LogP contribution < -0.4 is 0 Å². The van der Waals surface area contributed by atoms with Gasteiger partial charge in [0, 0.05) is 9.75 Å². The standard InChI is InChI=1S/C11H14S/c1-6-10-5-8-3-4-9(8)11(10)7(2)12-6/h8-9H,3-5H2,1-2H3. The van der Waals surface area contributed by atoms with Crippen molar-refractivity contribution >= 4 is 11.3 Å². The minimum atomic E-state index is 0.977. The summed E-state index contributed by atoms with van der Waals surface area (Å²) < 4.78 is 0. The summed E-state index contributed by atoms with van der Waals surface area (Å²) in [4.78, 5) is 3.20. The second-order valence-electron chi connectivity index (χ2n) is 4.25. The molecule has 0 aromatic carbocycles. The Morgan fingerprint density at radius 1 is 1.17 bits per heavy atom. The van der Waals surface area contributed by atoms with E-state index in [0.717, 1.165) is 11.8 Å². The molecule has 1 saturated carbocycles. The Labute approximate surface area is 77.6 Å². The van der Waals surface area contributed by atoms with Crippen LogP contribution in [-0.4, -0.2) is 0 Å². The van der Waals surface area contributed by atoms with Gasteiger partial charge < -0.3 is 0 Å². The van der Waals surface area contributed by atoms with Crippen molar-refractivity contribution in [2.45, 2.75) is 39.0 Å².